The van der Waals surface area contributed by atoms with Crippen LogP contribution in [0.5, 0.6) is 0 Å². The lowest BCUT2D eigenvalue weighted by Crippen LogP contribution is -2.56. The average Bonchev–Trinajstić information content (AvgIpc) is 2.55. The first-order chi connectivity index (χ1) is 11.7. The van der Waals surface area contributed by atoms with Gasteiger partial charge in [-0.05, 0) is 51.0 Å². The summed E-state index contributed by atoms with van der Waals surface area (Å²) < 4.78 is 34.1. The minimum atomic E-state index is -3.59. The molecule has 0 aliphatic carbocycles. The maximum absolute atomic E-state index is 13.3. The van der Waals surface area contributed by atoms with Gasteiger partial charge in [-0.3, -0.25) is 0 Å². The fourth-order valence-electron chi connectivity index (χ4n) is 3.14. The van der Waals surface area contributed by atoms with Gasteiger partial charge in [0, 0.05) is 6.54 Å². The Bertz CT molecular complexity index is 857. The van der Waals surface area contributed by atoms with Crippen LogP contribution < -0.4 is 0 Å². The molecule has 1 heterocycles. The van der Waals surface area contributed by atoms with E-state index in [-0.39, 0.29) is 6.10 Å². The second kappa shape index (κ2) is 6.56. The van der Waals surface area contributed by atoms with Crippen LogP contribution in [0.1, 0.15) is 36.6 Å². The molecule has 5 heteroatoms. The zero-order valence-electron chi connectivity index (χ0n) is 15.2. The van der Waals surface area contributed by atoms with Crippen LogP contribution in [0.15, 0.2) is 53.4 Å². The van der Waals surface area contributed by atoms with Gasteiger partial charge >= 0.3 is 0 Å². The quantitative estimate of drug-likeness (QED) is 0.836. The van der Waals surface area contributed by atoms with E-state index in [1.54, 1.807) is 22.5 Å². The lowest BCUT2D eigenvalue weighted by atomic mass is 10.0. The zero-order valence-corrected chi connectivity index (χ0v) is 16.0. The maximum Gasteiger partial charge on any atom is 0.243 e. The van der Waals surface area contributed by atoms with Gasteiger partial charge in [-0.1, -0.05) is 42.0 Å². The molecule has 0 bridgehead atoms. The number of nitrogens with zero attached hydrogens (tertiary/aromatic N) is 1. The van der Waals surface area contributed by atoms with Gasteiger partial charge in [0.25, 0.3) is 0 Å². The zero-order chi connectivity index (χ0) is 18.2. The topological polar surface area (TPSA) is 46.6 Å². The largest absolute Gasteiger partial charge is 0.370 e. The molecule has 1 aliphatic heterocycles. The molecule has 1 saturated heterocycles. The maximum atomic E-state index is 13.3. The normalized spacial score (nSPS) is 21.2. The molecule has 0 radical (unpaired) electrons. The van der Waals surface area contributed by atoms with Crippen molar-refractivity contribution in [2.24, 2.45) is 0 Å². The van der Waals surface area contributed by atoms with Crippen molar-refractivity contribution >= 4 is 10.0 Å². The van der Waals surface area contributed by atoms with Gasteiger partial charge in [0.05, 0.1) is 23.1 Å². The number of benzene rings is 2. The minimum Gasteiger partial charge on any atom is -0.370 e. The lowest BCUT2D eigenvalue weighted by molar-refractivity contribution is -0.0655. The summed E-state index contributed by atoms with van der Waals surface area (Å²) in [5.41, 5.74) is 2.51. The van der Waals surface area contributed by atoms with Crippen LogP contribution in [0.4, 0.5) is 0 Å². The molecular formula is C20H25NO3S. The van der Waals surface area contributed by atoms with Crippen LogP contribution in [-0.4, -0.2) is 31.4 Å². The van der Waals surface area contributed by atoms with Gasteiger partial charge in [0.15, 0.2) is 0 Å². The molecule has 25 heavy (non-hydrogen) atoms. The molecule has 0 aromatic heterocycles. The summed E-state index contributed by atoms with van der Waals surface area (Å²) in [4.78, 5) is 0.338. The first-order valence-corrected chi connectivity index (χ1v) is 9.92. The Balaban J connectivity index is 1.95. The van der Waals surface area contributed by atoms with Crippen molar-refractivity contribution in [1.82, 2.24) is 4.31 Å². The highest BCUT2D eigenvalue weighted by Gasteiger charge is 2.43. The van der Waals surface area contributed by atoms with Crippen molar-refractivity contribution < 1.29 is 13.2 Å². The van der Waals surface area contributed by atoms with Crippen molar-refractivity contribution in [2.75, 3.05) is 13.2 Å². The molecule has 0 amide bonds. The molecule has 1 aliphatic rings. The minimum absolute atomic E-state index is 0.256. The Morgan fingerprint density at radius 3 is 2.36 bits per heavy atom. The van der Waals surface area contributed by atoms with Gasteiger partial charge in [-0.15, -0.1) is 0 Å². The van der Waals surface area contributed by atoms with Crippen LogP contribution in [0.25, 0.3) is 0 Å². The van der Waals surface area contributed by atoms with Crippen molar-refractivity contribution in [3.63, 3.8) is 0 Å². The van der Waals surface area contributed by atoms with Gasteiger partial charge < -0.3 is 4.74 Å². The van der Waals surface area contributed by atoms with E-state index in [0.29, 0.717) is 18.0 Å². The molecule has 0 spiro atoms. The summed E-state index contributed by atoms with van der Waals surface area (Å²) in [7, 11) is -3.59. The van der Waals surface area contributed by atoms with E-state index in [4.69, 9.17) is 4.74 Å². The highest BCUT2D eigenvalue weighted by Crippen LogP contribution is 2.34. The summed E-state index contributed by atoms with van der Waals surface area (Å²) in [6.45, 7) is 8.42. The molecule has 1 unspecified atom stereocenters. The molecular weight excluding hydrogens is 334 g/mol. The van der Waals surface area contributed by atoms with Crippen molar-refractivity contribution in [3.05, 3.63) is 65.2 Å². The predicted octanol–water partition coefficient (Wildman–Crippen LogP) is 3.84. The van der Waals surface area contributed by atoms with Gasteiger partial charge in [-0.25, -0.2) is 8.42 Å². The predicted molar refractivity (Wildman–Crippen MR) is 99.0 cm³/mol. The van der Waals surface area contributed by atoms with Gasteiger partial charge in [-0.2, -0.15) is 4.31 Å². The number of morpholine rings is 1. The Kier molecular flexibility index (Phi) is 4.75. The second-order valence-electron chi connectivity index (χ2n) is 7.38. The van der Waals surface area contributed by atoms with E-state index in [1.807, 2.05) is 58.0 Å². The third-order valence-corrected chi connectivity index (χ3v) is 6.74. The summed E-state index contributed by atoms with van der Waals surface area (Å²) in [6.07, 6.45) is -0.256. The number of aryl methyl sites for hydroxylation is 2. The summed E-state index contributed by atoms with van der Waals surface area (Å²) in [5, 5.41) is 0. The summed E-state index contributed by atoms with van der Waals surface area (Å²) in [6, 6.07) is 15.1. The summed E-state index contributed by atoms with van der Waals surface area (Å²) in [5.74, 6) is 0. The molecule has 4 nitrogen and oxygen atoms in total. The highest BCUT2D eigenvalue weighted by atomic mass is 32.2. The first-order valence-electron chi connectivity index (χ1n) is 8.48. The van der Waals surface area contributed by atoms with E-state index < -0.39 is 15.6 Å². The Hall–Kier alpha value is -1.69. The number of hydrogen-bond donors (Lipinski definition) is 0. The fraction of sp³-hybridized carbons (Fsp3) is 0.400. The van der Waals surface area contributed by atoms with Crippen LogP contribution in [0, 0.1) is 13.8 Å². The first kappa shape index (κ1) is 18.1. The SMILES string of the molecule is Cc1ccc(C2CN(S(=O)(=O)c3cccc(C)c3)C(C)(C)CO2)cc1. The second-order valence-corrected chi connectivity index (χ2v) is 9.24. The molecule has 3 rings (SSSR count). The molecule has 1 fully saturated rings. The van der Waals surface area contributed by atoms with Crippen LogP contribution in [-0.2, 0) is 14.8 Å². The highest BCUT2D eigenvalue weighted by molar-refractivity contribution is 7.89. The van der Waals surface area contributed by atoms with E-state index in [0.717, 1.165) is 11.1 Å². The number of hydrogen-bond acceptors (Lipinski definition) is 3. The van der Waals surface area contributed by atoms with Gasteiger partial charge in [0.2, 0.25) is 10.0 Å². The third kappa shape index (κ3) is 3.64. The van der Waals surface area contributed by atoms with Crippen LogP contribution in [0.2, 0.25) is 0 Å². The van der Waals surface area contributed by atoms with Crippen LogP contribution in [0.3, 0.4) is 0 Å². The van der Waals surface area contributed by atoms with Gasteiger partial charge in [0.1, 0.15) is 0 Å². The third-order valence-electron chi connectivity index (χ3n) is 4.67. The molecule has 1 atom stereocenters. The molecule has 2 aromatic carbocycles. The Morgan fingerprint density at radius 2 is 1.72 bits per heavy atom. The summed E-state index contributed by atoms with van der Waals surface area (Å²) >= 11 is 0. The number of ether oxygens (including phenoxy) is 1. The van der Waals surface area contributed by atoms with E-state index in [1.165, 1.54) is 5.56 Å². The lowest BCUT2D eigenvalue weighted by Gasteiger charge is -2.44. The Labute approximate surface area is 150 Å². The molecule has 134 valence electrons. The monoisotopic (exact) mass is 359 g/mol. The average molecular weight is 359 g/mol. The standard InChI is InChI=1S/C20H25NO3S/c1-15-8-10-17(11-9-15)19-13-21(20(3,4)14-24-19)25(22,23)18-7-5-6-16(2)12-18/h5-12,19H,13-14H2,1-4H3. The van der Waals surface area contributed by atoms with Crippen molar-refractivity contribution in [1.29, 1.82) is 0 Å². The molecule has 0 N–H and O–H groups in total. The van der Waals surface area contributed by atoms with Crippen molar-refractivity contribution in [2.45, 2.75) is 44.2 Å². The van der Waals surface area contributed by atoms with E-state index >= 15 is 0 Å². The van der Waals surface area contributed by atoms with E-state index in [2.05, 4.69) is 0 Å². The van der Waals surface area contributed by atoms with Crippen LogP contribution >= 0.6 is 0 Å². The number of sulfonamides is 1. The molecule has 2 aromatic rings. The smallest absolute Gasteiger partial charge is 0.243 e. The fourth-order valence-corrected chi connectivity index (χ4v) is 5.01. The Morgan fingerprint density at radius 1 is 1.04 bits per heavy atom. The van der Waals surface area contributed by atoms with E-state index in [9.17, 15) is 8.42 Å². The molecule has 0 saturated carbocycles. The number of rotatable bonds is 3. The van der Waals surface area contributed by atoms with Crippen molar-refractivity contribution in [3.8, 4) is 0 Å².